The van der Waals surface area contributed by atoms with Crippen molar-refractivity contribution >= 4 is 18.0 Å². The minimum atomic E-state index is -1.05. The zero-order valence-electron chi connectivity index (χ0n) is 19.8. The van der Waals surface area contributed by atoms with Crippen LogP contribution in [0.2, 0.25) is 0 Å². The van der Waals surface area contributed by atoms with Crippen LogP contribution in [0.25, 0.3) is 11.1 Å². The fraction of sp³-hybridized carbons (Fsp3) is 0.423. The van der Waals surface area contributed by atoms with E-state index < -0.39 is 18.1 Å². The summed E-state index contributed by atoms with van der Waals surface area (Å²) >= 11 is 0. The Bertz CT molecular complexity index is 1030. The second-order valence-corrected chi connectivity index (χ2v) is 8.75. The Morgan fingerprint density at radius 1 is 0.971 bits per heavy atom. The molecule has 3 unspecified atom stereocenters. The summed E-state index contributed by atoms with van der Waals surface area (Å²) in [6, 6.07) is 15.0. The highest BCUT2D eigenvalue weighted by Crippen LogP contribution is 2.44. The Morgan fingerprint density at radius 3 is 2.03 bits per heavy atom. The van der Waals surface area contributed by atoms with Crippen molar-refractivity contribution in [2.45, 2.75) is 37.0 Å². The highest BCUT2D eigenvalue weighted by Gasteiger charge is 2.38. The van der Waals surface area contributed by atoms with E-state index in [1.165, 1.54) is 4.90 Å². The van der Waals surface area contributed by atoms with Crippen LogP contribution in [0.3, 0.4) is 0 Å². The molecule has 9 heteroatoms. The molecule has 0 spiro atoms. The van der Waals surface area contributed by atoms with Crippen molar-refractivity contribution in [2.75, 3.05) is 33.9 Å². The normalized spacial score (nSPS) is 19.7. The molecule has 2 N–H and O–H groups in total. The number of ether oxygens (including phenoxy) is 3. The van der Waals surface area contributed by atoms with Gasteiger partial charge in [-0.3, -0.25) is 9.59 Å². The molecule has 0 bridgehead atoms. The summed E-state index contributed by atoms with van der Waals surface area (Å²) < 4.78 is 16.3. The fourth-order valence-corrected chi connectivity index (χ4v) is 4.90. The van der Waals surface area contributed by atoms with Crippen LogP contribution in [0.4, 0.5) is 4.79 Å². The number of aliphatic carboxylic acids is 1. The van der Waals surface area contributed by atoms with Crippen LogP contribution in [0.15, 0.2) is 48.5 Å². The third-order valence-electron chi connectivity index (χ3n) is 6.71. The van der Waals surface area contributed by atoms with E-state index in [1.54, 1.807) is 14.2 Å². The number of methoxy groups -OCH3 is 2. The van der Waals surface area contributed by atoms with Gasteiger partial charge in [0.15, 0.2) is 0 Å². The molecule has 2 aliphatic rings. The first-order chi connectivity index (χ1) is 16.9. The molecule has 1 heterocycles. The van der Waals surface area contributed by atoms with E-state index in [2.05, 4.69) is 5.32 Å². The van der Waals surface area contributed by atoms with Crippen molar-refractivity contribution in [3.05, 3.63) is 59.7 Å². The number of rotatable bonds is 9. The molecule has 0 aromatic heterocycles. The summed E-state index contributed by atoms with van der Waals surface area (Å²) in [5, 5.41) is 11.7. The van der Waals surface area contributed by atoms with Gasteiger partial charge < -0.3 is 29.5 Å². The van der Waals surface area contributed by atoms with Gasteiger partial charge in [0.2, 0.25) is 5.91 Å². The van der Waals surface area contributed by atoms with Crippen LogP contribution in [0.5, 0.6) is 0 Å². The third kappa shape index (κ3) is 5.31. The number of amides is 2. The van der Waals surface area contributed by atoms with E-state index in [1.807, 2.05) is 48.5 Å². The zero-order valence-corrected chi connectivity index (χ0v) is 19.8. The number of hydrogen-bond donors (Lipinski definition) is 2. The summed E-state index contributed by atoms with van der Waals surface area (Å²) in [4.78, 5) is 38.6. The molecule has 0 saturated carbocycles. The lowest BCUT2D eigenvalue weighted by Crippen LogP contribution is -2.48. The number of carbonyl (C=O) groups excluding carboxylic acids is 2. The number of carboxylic acid groups (broad SMARTS) is 1. The van der Waals surface area contributed by atoms with Crippen LogP contribution < -0.4 is 5.32 Å². The van der Waals surface area contributed by atoms with Crippen LogP contribution in [-0.4, -0.2) is 80.1 Å². The maximum atomic E-state index is 13.2. The zero-order chi connectivity index (χ0) is 24.9. The number of likely N-dealkylation sites (tertiary alicyclic amines) is 1. The fourth-order valence-electron chi connectivity index (χ4n) is 4.90. The summed E-state index contributed by atoms with van der Waals surface area (Å²) in [6.45, 7) is 0.689. The van der Waals surface area contributed by atoms with E-state index in [4.69, 9.17) is 19.3 Å². The molecule has 3 atom stereocenters. The maximum absolute atomic E-state index is 13.2. The average molecular weight is 483 g/mol. The average Bonchev–Trinajstić information content (AvgIpc) is 3.44. The van der Waals surface area contributed by atoms with Gasteiger partial charge in [0.25, 0.3) is 0 Å². The molecular weight excluding hydrogens is 452 g/mol. The number of nitrogens with one attached hydrogen (secondary N) is 1. The van der Waals surface area contributed by atoms with Crippen molar-refractivity contribution in [3.63, 3.8) is 0 Å². The Morgan fingerprint density at radius 2 is 1.51 bits per heavy atom. The van der Waals surface area contributed by atoms with Gasteiger partial charge in [-0.1, -0.05) is 48.5 Å². The minimum Gasteiger partial charge on any atom is -0.481 e. The molecule has 1 saturated heterocycles. The molecule has 1 aliphatic heterocycles. The van der Waals surface area contributed by atoms with E-state index in [0.717, 1.165) is 22.3 Å². The van der Waals surface area contributed by atoms with E-state index in [0.29, 0.717) is 13.1 Å². The topological polar surface area (TPSA) is 114 Å². The molecule has 1 aliphatic carbocycles. The summed E-state index contributed by atoms with van der Waals surface area (Å²) in [6.07, 6.45) is -1.67. The van der Waals surface area contributed by atoms with Crippen molar-refractivity contribution in [1.29, 1.82) is 0 Å². The Kier molecular flexibility index (Phi) is 7.67. The smallest absolute Gasteiger partial charge is 0.407 e. The first kappa shape index (κ1) is 24.7. The van der Waals surface area contributed by atoms with Crippen LogP contribution in [-0.2, 0) is 23.8 Å². The number of alkyl carbamates (subject to hydrolysis) is 1. The predicted molar refractivity (Wildman–Crippen MR) is 127 cm³/mol. The van der Waals surface area contributed by atoms with Gasteiger partial charge in [0.1, 0.15) is 24.9 Å². The van der Waals surface area contributed by atoms with Gasteiger partial charge in [-0.15, -0.1) is 0 Å². The van der Waals surface area contributed by atoms with Crippen LogP contribution in [0, 0.1) is 0 Å². The lowest BCUT2D eigenvalue weighted by molar-refractivity contribution is -0.138. The molecule has 1 fully saturated rings. The van der Waals surface area contributed by atoms with Crippen molar-refractivity contribution in [3.8, 4) is 11.1 Å². The molecule has 2 aromatic rings. The monoisotopic (exact) mass is 482 g/mol. The van der Waals surface area contributed by atoms with Crippen LogP contribution in [0.1, 0.15) is 29.9 Å². The maximum Gasteiger partial charge on any atom is 0.407 e. The lowest BCUT2D eigenvalue weighted by atomic mass is 9.98. The SMILES string of the molecule is COC1CN(C(=O)C(CCC(=O)O)NC(=O)OCC2c3ccccc3-c3ccccc32)CC1OC. The van der Waals surface area contributed by atoms with Gasteiger partial charge in [-0.2, -0.15) is 0 Å². The highest BCUT2D eigenvalue weighted by atomic mass is 16.5. The Balaban J connectivity index is 1.42. The standard InChI is InChI=1S/C26H30N2O7/c1-33-22-13-28(14-23(22)34-2)25(31)21(11-12-24(29)30)27-26(32)35-15-20-18-9-5-3-7-16(18)17-8-4-6-10-19(17)20/h3-10,20-23H,11-15H2,1-2H3,(H,27,32)(H,29,30). The number of carbonyl (C=O) groups is 3. The van der Waals surface area contributed by atoms with Crippen molar-refractivity contribution < 1.29 is 33.7 Å². The Labute approximate surface area is 204 Å². The largest absolute Gasteiger partial charge is 0.481 e. The van der Waals surface area contributed by atoms with Gasteiger partial charge >= 0.3 is 12.1 Å². The number of nitrogens with zero attached hydrogens (tertiary/aromatic N) is 1. The van der Waals surface area contributed by atoms with E-state index >= 15 is 0 Å². The molecular formula is C26H30N2O7. The van der Waals surface area contributed by atoms with Gasteiger partial charge in [-0.05, 0) is 28.7 Å². The molecule has 4 rings (SSSR count). The number of carboxylic acids is 1. The van der Waals surface area contributed by atoms with Gasteiger partial charge in [0.05, 0.1) is 0 Å². The molecule has 186 valence electrons. The quantitative estimate of drug-likeness (QED) is 0.565. The highest BCUT2D eigenvalue weighted by molar-refractivity contribution is 5.86. The summed E-state index contributed by atoms with van der Waals surface area (Å²) in [5.41, 5.74) is 4.38. The molecule has 35 heavy (non-hydrogen) atoms. The van der Waals surface area contributed by atoms with Gasteiger partial charge in [0, 0.05) is 39.6 Å². The van der Waals surface area contributed by atoms with Crippen LogP contribution >= 0.6 is 0 Å². The van der Waals surface area contributed by atoms with E-state index in [-0.39, 0.29) is 43.5 Å². The minimum absolute atomic E-state index is 0.0514. The van der Waals surface area contributed by atoms with E-state index in [9.17, 15) is 14.4 Å². The van der Waals surface area contributed by atoms with Crippen molar-refractivity contribution in [2.24, 2.45) is 0 Å². The second kappa shape index (κ2) is 10.9. The van der Waals surface area contributed by atoms with Crippen molar-refractivity contribution in [1.82, 2.24) is 10.2 Å². The molecule has 0 radical (unpaired) electrons. The molecule has 2 amide bonds. The summed E-state index contributed by atoms with van der Waals surface area (Å²) in [7, 11) is 3.09. The number of hydrogen-bond acceptors (Lipinski definition) is 6. The Hall–Kier alpha value is -3.43. The summed E-state index contributed by atoms with van der Waals surface area (Å²) in [5.74, 6) is -1.56. The number of benzene rings is 2. The first-order valence-electron chi connectivity index (χ1n) is 11.6. The third-order valence-corrected chi connectivity index (χ3v) is 6.71. The molecule has 2 aromatic carbocycles. The van der Waals surface area contributed by atoms with Gasteiger partial charge in [-0.25, -0.2) is 4.79 Å². The lowest BCUT2D eigenvalue weighted by Gasteiger charge is -2.24. The second-order valence-electron chi connectivity index (χ2n) is 8.75. The predicted octanol–water partition coefficient (Wildman–Crippen LogP) is 2.63. The molecule has 9 nitrogen and oxygen atoms in total. The first-order valence-corrected chi connectivity index (χ1v) is 11.6. The number of fused-ring (bicyclic) bond motifs is 3.